The van der Waals surface area contributed by atoms with Crippen molar-refractivity contribution in [3.63, 3.8) is 0 Å². The molecule has 2 aromatic heterocycles. The number of carbonyl (C=O) groups excluding carboxylic acids is 2. The first kappa shape index (κ1) is 27.2. The number of nitrogens with zero attached hydrogens (tertiary/aromatic N) is 4. The highest BCUT2D eigenvalue weighted by Gasteiger charge is 2.35. The van der Waals surface area contributed by atoms with E-state index in [1.54, 1.807) is 51.1 Å². The van der Waals surface area contributed by atoms with Gasteiger partial charge in [0.2, 0.25) is 11.9 Å². The molecule has 0 bridgehead atoms. The van der Waals surface area contributed by atoms with Crippen molar-refractivity contribution in [3.8, 4) is 11.3 Å². The third-order valence-corrected chi connectivity index (χ3v) is 6.92. The quantitative estimate of drug-likeness (QED) is 0.285. The topological polar surface area (TPSA) is 133 Å². The maximum Gasteiger partial charge on any atom is 0.255 e. The second-order valence-corrected chi connectivity index (χ2v) is 10.0. The second-order valence-electron chi connectivity index (χ2n) is 9.62. The van der Waals surface area contributed by atoms with E-state index in [1.807, 2.05) is 0 Å². The summed E-state index contributed by atoms with van der Waals surface area (Å²) in [6.45, 7) is 4.89. The summed E-state index contributed by atoms with van der Waals surface area (Å²) in [5.41, 5.74) is 3.28. The summed E-state index contributed by atoms with van der Waals surface area (Å²) in [5.74, 6) is 0.0456. The Morgan fingerprint density at radius 1 is 1.23 bits per heavy atom. The van der Waals surface area contributed by atoms with Gasteiger partial charge in [0.1, 0.15) is 17.6 Å². The Labute approximate surface area is 234 Å². The van der Waals surface area contributed by atoms with Gasteiger partial charge in [-0.15, -0.1) is 0 Å². The van der Waals surface area contributed by atoms with Gasteiger partial charge < -0.3 is 25.2 Å². The zero-order valence-electron chi connectivity index (χ0n) is 21.9. The number of hydrogen-bond donors (Lipinski definition) is 3. The lowest BCUT2D eigenvalue weighted by Gasteiger charge is -2.26. The van der Waals surface area contributed by atoms with Crippen LogP contribution in [0.3, 0.4) is 0 Å². The lowest BCUT2D eigenvalue weighted by atomic mass is 10.0. The van der Waals surface area contributed by atoms with Crippen molar-refractivity contribution >= 4 is 35.2 Å². The Bertz CT molecular complexity index is 1590. The molecule has 3 heterocycles. The summed E-state index contributed by atoms with van der Waals surface area (Å²) < 4.78 is 18.9. The Morgan fingerprint density at radius 2 is 2.02 bits per heavy atom. The van der Waals surface area contributed by atoms with Gasteiger partial charge in [-0.25, -0.2) is 14.4 Å². The predicted octanol–water partition coefficient (Wildman–Crippen LogP) is 4.48. The smallest absolute Gasteiger partial charge is 0.255 e. The fourth-order valence-corrected chi connectivity index (χ4v) is 4.79. The van der Waals surface area contributed by atoms with Gasteiger partial charge in [0.15, 0.2) is 5.82 Å². The van der Waals surface area contributed by atoms with Crippen molar-refractivity contribution < 1.29 is 23.6 Å². The van der Waals surface area contributed by atoms with Crippen LogP contribution >= 0.6 is 11.6 Å². The first-order valence-corrected chi connectivity index (χ1v) is 12.9. The Hall–Kier alpha value is -4.35. The molecule has 2 aromatic carbocycles. The molecule has 0 saturated heterocycles. The molecule has 0 aliphatic carbocycles. The number of benzene rings is 2. The van der Waals surface area contributed by atoms with E-state index in [9.17, 15) is 19.1 Å². The van der Waals surface area contributed by atoms with Crippen LogP contribution in [0, 0.1) is 19.7 Å². The molecule has 4 aromatic rings. The number of rotatable bonds is 8. The van der Waals surface area contributed by atoms with E-state index in [0.29, 0.717) is 44.5 Å². The van der Waals surface area contributed by atoms with Crippen LogP contribution in [0.5, 0.6) is 0 Å². The van der Waals surface area contributed by atoms with Gasteiger partial charge in [0.05, 0.1) is 29.6 Å². The number of halogens is 2. The van der Waals surface area contributed by atoms with Gasteiger partial charge in [-0.1, -0.05) is 35.0 Å². The van der Waals surface area contributed by atoms with E-state index in [2.05, 4.69) is 25.8 Å². The highest BCUT2D eigenvalue weighted by atomic mass is 35.5. The number of hydrogen-bond acceptors (Lipinski definition) is 8. The third-order valence-electron chi connectivity index (χ3n) is 6.64. The molecule has 0 fully saturated rings. The van der Waals surface area contributed by atoms with E-state index >= 15 is 0 Å². The minimum absolute atomic E-state index is 0.224. The van der Waals surface area contributed by atoms with Gasteiger partial charge in [-0.2, -0.15) is 0 Å². The number of fused-ring (bicyclic) bond motifs is 1. The maximum atomic E-state index is 13.9. The van der Waals surface area contributed by atoms with Crippen LogP contribution in [-0.2, 0) is 11.3 Å². The van der Waals surface area contributed by atoms with Crippen LogP contribution in [0.15, 0.2) is 53.2 Å². The van der Waals surface area contributed by atoms with Crippen LogP contribution in [0.2, 0.25) is 5.02 Å². The number of aryl methyl sites for hydroxylation is 2. The second kappa shape index (κ2) is 11.0. The molecule has 2 amide bonds. The number of anilines is 2. The van der Waals surface area contributed by atoms with Gasteiger partial charge in [-0.05, 0) is 55.7 Å². The molecule has 0 spiro atoms. The fraction of sp³-hybridized carbons (Fsp3) is 0.250. The van der Waals surface area contributed by atoms with Gasteiger partial charge in [0, 0.05) is 23.7 Å². The highest BCUT2D eigenvalue weighted by Crippen LogP contribution is 2.32. The molecule has 10 nitrogen and oxygen atoms in total. The van der Waals surface area contributed by atoms with E-state index in [4.69, 9.17) is 16.1 Å². The zero-order chi connectivity index (χ0) is 28.6. The molecule has 0 radical (unpaired) electrons. The van der Waals surface area contributed by atoms with E-state index in [0.717, 1.165) is 5.56 Å². The van der Waals surface area contributed by atoms with Crippen molar-refractivity contribution in [1.29, 1.82) is 0 Å². The molecule has 0 unspecified atom stereocenters. The van der Waals surface area contributed by atoms with Crippen LogP contribution in [0.4, 0.5) is 16.2 Å². The first-order chi connectivity index (χ1) is 19.1. The predicted molar refractivity (Wildman–Crippen MR) is 145 cm³/mol. The summed E-state index contributed by atoms with van der Waals surface area (Å²) in [5, 5.41) is 19.7. The van der Waals surface area contributed by atoms with Crippen molar-refractivity contribution in [1.82, 2.24) is 25.3 Å². The van der Waals surface area contributed by atoms with Gasteiger partial charge in [-0.3, -0.25) is 9.59 Å². The number of aromatic nitrogens is 3. The number of carbonyl (C=O) groups is 2. The highest BCUT2D eigenvalue weighted by molar-refractivity contribution is 6.33. The van der Waals surface area contributed by atoms with Gasteiger partial charge >= 0.3 is 0 Å². The maximum absolute atomic E-state index is 13.9. The normalized spacial score (nSPS) is 14.2. The Morgan fingerprint density at radius 3 is 2.73 bits per heavy atom. The summed E-state index contributed by atoms with van der Waals surface area (Å²) in [7, 11) is 0. The minimum Gasteiger partial charge on any atom is -0.394 e. The molecular formula is C28H26ClFN6O4. The zero-order valence-corrected chi connectivity index (χ0v) is 22.7. The number of aliphatic hydroxyl groups excluding tert-OH is 1. The number of nitrogens with one attached hydrogen (secondary N) is 2. The molecule has 2 atom stereocenters. The van der Waals surface area contributed by atoms with Crippen LogP contribution in [-0.4, -0.2) is 49.6 Å². The van der Waals surface area contributed by atoms with Crippen molar-refractivity contribution in [2.75, 3.05) is 11.9 Å². The molecule has 1 aliphatic heterocycles. The van der Waals surface area contributed by atoms with Crippen LogP contribution < -0.4 is 10.6 Å². The van der Waals surface area contributed by atoms with Crippen molar-refractivity contribution in [2.45, 2.75) is 39.4 Å². The molecule has 12 heteroatoms. The standard InChI is InChI=1S/C28H26ClFN6O4/c1-14-6-19(9-20(30)7-14)23(13-37)32-26(38)16(3)36-12-18-5-4-17(10-21(18)27(36)39)25-22(29)11-31-28(34-25)33-24-8-15(2)40-35-24/h4-11,16,23,37H,12-13H2,1-3H3,(H,32,38)(H,31,33,34,35)/t16-,23-/m1/s1. The Balaban J connectivity index is 1.33. The monoisotopic (exact) mass is 564 g/mol. The molecular weight excluding hydrogens is 539 g/mol. The first-order valence-electron chi connectivity index (χ1n) is 12.5. The summed E-state index contributed by atoms with van der Waals surface area (Å²) in [6.07, 6.45) is 1.45. The van der Waals surface area contributed by atoms with Gasteiger partial charge in [0.25, 0.3) is 5.91 Å². The lowest BCUT2D eigenvalue weighted by Crippen LogP contribution is -2.46. The molecule has 0 saturated carbocycles. The molecule has 206 valence electrons. The average Bonchev–Trinajstić information content (AvgIpc) is 3.48. The SMILES string of the molecule is Cc1cc(F)cc([C@@H](CO)NC(=O)[C@@H](C)N2Cc3ccc(-c4nc(Nc5cc(C)on5)ncc4Cl)cc3C2=O)c1. The summed E-state index contributed by atoms with van der Waals surface area (Å²) in [6, 6.07) is 9.63. The van der Waals surface area contributed by atoms with E-state index in [1.165, 1.54) is 23.2 Å². The average molecular weight is 565 g/mol. The summed E-state index contributed by atoms with van der Waals surface area (Å²) >= 11 is 6.40. The fourth-order valence-electron chi connectivity index (χ4n) is 4.59. The van der Waals surface area contributed by atoms with Crippen molar-refractivity contribution in [2.24, 2.45) is 0 Å². The Kier molecular flexibility index (Phi) is 7.51. The molecule has 1 aliphatic rings. The van der Waals surface area contributed by atoms with Crippen LogP contribution in [0.1, 0.15) is 45.8 Å². The number of amides is 2. The molecule has 40 heavy (non-hydrogen) atoms. The van der Waals surface area contributed by atoms with Crippen molar-refractivity contribution in [3.05, 3.63) is 87.5 Å². The third kappa shape index (κ3) is 5.51. The largest absolute Gasteiger partial charge is 0.394 e. The minimum atomic E-state index is -0.851. The molecule has 5 rings (SSSR count). The van der Waals surface area contributed by atoms with Crippen LogP contribution in [0.25, 0.3) is 11.3 Å². The number of aliphatic hydroxyl groups is 1. The van der Waals surface area contributed by atoms with E-state index < -0.39 is 30.4 Å². The lowest BCUT2D eigenvalue weighted by molar-refractivity contribution is -0.126. The molecule has 3 N–H and O–H groups in total. The summed E-state index contributed by atoms with van der Waals surface area (Å²) in [4.78, 5) is 36.6. The van der Waals surface area contributed by atoms with E-state index in [-0.39, 0.29) is 18.4 Å².